The van der Waals surface area contributed by atoms with E-state index in [1.165, 1.54) is 12.1 Å². The van der Waals surface area contributed by atoms with Gasteiger partial charge in [-0.15, -0.1) is 0 Å². The molecule has 0 aliphatic heterocycles. The highest BCUT2D eigenvalue weighted by molar-refractivity contribution is 6.04. The van der Waals surface area contributed by atoms with Gasteiger partial charge in [0.1, 0.15) is 6.04 Å². The number of H-pyrrole nitrogens is 1. The fraction of sp³-hybridized carbons (Fsp3) is 0.143. The van der Waals surface area contributed by atoms with E-state index in [4.69, 9.17) is 10.8 Å². The number of rotatable bonds is 7. The van der Waals surface area contributed by atoms with Crippen LogP contribution in [0.3, 0.4) is 0 Å². The minimum Gasteiger partial charge on any atom is -0.481 e. The van der Waals surface area contributed by atoms with Gasteiger partial charge in [-0.1, -0.05) is 0 Å². The van der Waals surface area contributed by atoms with E-state index in [1.54, 1.807) is 35.3 Å². The van der Waals surface area contributed by atoms with E-state index in [1.807, 2.05) is 0 Å². The molecule has 33 heavy (non-hydrogen) atoms. The predicted molar refractivity (Wildman–Crippen MR) is 117 cm³/mol. The van der Waals surface area contributed by atoms with Crippen LogP contribution in [0.2, 0.25) is 0 Å². The number of carboxylic acids is 2. The first-order valence-electron chi connectivity index (χ1n) is 9.75. The van der Waals surface area contributed by atoms with Crippen LogP contribution in [0.4, 0.5) is 5.95 Å². The van der Waals surface area contributed by atoms with Gasteiger partial charge < -0.3 is 25.8 Å². The number of aliphatic carboxylic acids is 2. The standard InChI is InChI=1S/C21H18N6O6/c22-21-25-17-16(19(31)26-21)13-9-27(8-11(13)7-23-17)12-3-1-10(2-4-12)18(30)24-14(20(32)33)5-6-15(28)29/h1-4,7-9,14H,5-6H2,(H,24,30)(H,28,29)(H,32,33)(H3,22,25,26,31)/t14-/m0/s1. The van der Waals surface area contributed by atoms with Crippen molar-refractivity contribution in [1.82, 2.24) is 24.8 Å². The molecule has 12 nitrogen and oxygen atoms in total. The Morgan fingerprint density at radius 1 is 1.15 bits per heavy atom. The van der Waals surface area contributed by atoms with Crippen molar-refractivity contribution >= 4 is 45.6 Å². The molecule has 0 saturated carbocycles. The summed E-state index contributed by atoms with van der Waals surface area (Å²) < 4.78 is 1.75. The summed E-state index contributed by atoms with van der Waals surface area (Å²) in [6.07, 6.45) is 4.45. The molecule has 4 rings (SSSR count). The highest BCUT2D eigenvalue weighted by Gasteiger charge is 2.21. The molecule has 0 aliphatic rings. The van der Waals surface area contributed by atoms with Crippen LogP contribution in [0.1, 0.15) is 23.2 Å². The minimum absolute atomic E-state index is 0.0271. The van der Waals surface area contributed by atoms with Crippen molar-refractivity contribution in [2.75, 3.05) is 5.73 Å². The second-order valence-electron chi connectivity index (χ2n) is 7.29. The summed E-state index contributed by atoms with van der Waals surface area (Å²) in [5.41, 5.74) is 6.28. The van der Waals surface area contributed by atoms with E-state index >= 15 is 0 Å². The van der Waals surface area contributed by atoms with Crippen LogP contribution in [0.25, 0.3) is 27.5 Å². The van der Waals surface area contributed by atoms with E-state index in [2.05, 4.69) is 20.3 Å². The maximum Gasteiger partial charge on any atom is 0.326 e. The molecule has 1 amide bonds. The van der Waals surface area contributed by atoms with Crippen LogP contribution >= 0.6 is 0 Å². The van der Waals surface area contributed by atoms with Gasteiger partial charge >= 0.3 is 11.9 Å². The van der Waals surface area contributed by atoms with Crippen molar-refractivity contribution in [2.24, 2.45) is 0 Å². The summed E-state index contributed by atoms with van der Waals surface area (Å²) in [6, 6.07) is 5.01. The first-order valence-corrected chi connectivity index (χ1v) is 9.75. The number of hydrogen-bond donors (Lipinski definition) is 5. The molecular weight excluding hydrogens is 432 g/mol. The van der Waals surface area contributed by atoms with E-state index in [0.29, 0.717) is 21.8 Å². The first kappa shape index (κ1) is 21.5. The van der Waals surface area contributed by atoms with Crippen LogP contribution in [-0.4, -0.2) is 53.6 Å². The number of carbonyl (C=O) groups is 3. The Labute approximate surface area is 184 Å². The summed E-state index contributed by atoms with van der Waals surface area (Å²) in [5, 5.41) is 21.9. The number of aromatic amines is 1. The van der Waals surface area contributed by atoms with Crippen LogP contribution in [0.5, 0.6) is 0 Å². The number of aromatic nitrogens is 4. The molecule has 1 atom stereocenters. The molecule has 0 bridgehead atoms. The van der Waals surface area contributed by atoms with Gasteiger partial charge in [-0.3, -0.25) is 19.4 Å². The van der Waals surface area contributed by atoms with E-state index in [-0.39, 0.29) is 30.0 Å². The molecule has 0 spiro atoms. The number of amides is 1. The molecule has 0 saturated heterocycles. The van der Waals surface area contributed by atoms with Crippen molar-refractivity contribution in [3.05, 3.63) is 58.8 Å². The number of pyridine rings is 1. The minimum atomic E-state index is -1.32. The van der Waals surface area contributed by atoms with Gasteiger partial charge in [-0.05, 0) is 30.7 Å². The van der Waals surface area contributed by atoms with Gasteiger partial charge in [0.25, 0.3) is 11.5 Å². The van der Waals surface area contributed by atoms with Crippen molar-refractivity contribution in [1.29, 1.82) is 0 Å². The molecule has 12 heteroatoms. The number of carboxylic acid groups (broad SMARTS) is 2. The number of fused-ring (bicyclic) bond motifs is 3. The average molecular weight is 450 g/mol. The Morgan fingerprint density at radius 3 is 2.55 bits per heavy atom. The average Bonchev–Trinajstić information content (AvgIpc) is 3.20. The third-order valence-electron chi connectivity index (χ3n) is 5.05. The zero-order valence-electron chi connectivity index (χ0n) is 17.0. The fourth-order valence-corrected chi connectivity index (χ4v) is 3.43. The van der Waals surface area contributed by atoms with Crippen LogP contribution in [-0.2, 0) is 9.59 Å². The summed E-state index contributed by atoms with van der Waals surface area (Å²) in [6.45, 7) is 0. The molecule has 1 aromatic carbocycles. The van der Waals surface area contributed by atoms with Gasteiger partial charge in [-0.25, -0.2) is 9.78 Å². The van der Waals surface area contributed by atoms with Crippen molar-refractivity contribution in [3.63, 3.8) is 0 Å². The Balaban J connectivity index is 1.59. The number of carbonyl (C=O) groups excluding carboxylic acids is 1. The van der Waals surface area contributed by atoms with Crippen molar-refractivity contribution < 1.29 is 24.6 Å². The fourth-order valence-electron chi connectivity index (χ4n) is 3.43. The zero-order chi connectivity index (χ0) is 23.7. The smallest absolute Gasteiger partial charge is 0.326 e. The highest BCUT2D eigenvalue weighted by Crippen LogP contribution is 2.23. The Morgan fingerprint density at radius 2 is 1.88 bits per heavy atom. The number of anilines is 1. The number of nitrogen functional groups attached to an aromatic ring is 1. The maximum atomic E-state index is 12.4. The number of nitrogens with two attached hydrogens (primary N) is 1. The molecule has 0 aliphatic carbocycles. The van der Waals surface area contributed by atoms with Gasteiger partial charge in [0.05, 0.1) is 5.39 Å². The maximum absolute atomic E-state index is 12.4. The van der Waals surface area contributed by atoms with E-state index in [0.717, 1.165) is 0 Å². The number of benzene rings is 1. The first-order chi connectivity index (χ1) is 15.7. The van der Waals surface area contributed by atoms with Gasteiger partial charge in [-0.2, -0.15) is 4.98 Å². The zero-order valence-corrected chi connectivity index (χ0v) is 17.0. The quantitative estimate of drug-likeness (QED) is 0.272. The molecule has 168 valence electrons. The van der Waals surface area contributed by atoms with Crippen LogP contribution in [0, 0.1) is 0 Å². The van der Waals surface area contributed by atoms with Crippen LogP contribution < -0.4 is 16.6 Å². The molecule has 0 unspecified atom stereocenters. The largest absolute Gasteiger partial charge is 0.481 e. The van der Waals surface area contributed by atoms with Crippen molar-refractivity contribution in [3.8, 4) is 5.69 Å². The van der Waals surface area contributed by atoms with Gasteiger partial charge in [0, 0.05) is 47.0 Å². The molecule has 6 N–H and O–H groups in total. The lowest BCUT2D eigenvalue weighted by atomic mass is 10.1. The second-order valence-corrected chi connectivity index (χ2v) is 7.29. The lowest BCUT2D eigenvalue weighted by Gasteiger charge is -2.13. The highest BCUT2D eigenvalue weighted by atomic mass is 16.4. The number of hydrogen-bond acceptors (Lipinski definition) is 7. The normalized spacial score (nSPS) is 12.0. The Hall–Kier alpha value is -4.74. The third kappa shape index (κ3) is 4.35. The molecular formula is C21H18N6O6. The van der Waals surface area contributed by atoms with E-state index in [9.17, 15) is 24.3 Å². The molecule has 3 aromatic heterocycles. The predicted octanol–water partition coefficient (Wildman–Crippen LogP) is 0.892. The molecule has 0 fully saturated rings. The SMILES string of the molecule is Nc1nc2ncc3cn(-c4ccc(C(=O)N[C@@H](CCC(=O)O)C(=O)O)cc4)cc3c2c(=O)[nH]1. The summed E-state index contributed by atoms with van der Waals surface area (Å²) in [4.78, 5) is 57.4. The lowest BCUT2D eigenvalue weighted by Crippen LogP contribution is -2.41. The van der Waals surface area contributed by atoms with E-state index < -0.39 is 29.4 Å². The molecule has 4 aromatic rings. The Kier molecular flexibility index (Phi) is 5.48. The van der Waals surface area contributed by atoms with Crippen molar-refractivity contribution in [2.45, 2.75) is 18.9 Å². The number of nitrogens with zero attached hydrogens (tertiary/aromatic N) is 3. The van der Waals surface area contributed by atoms with Gasteiger partial charge in [0.2, 0.25) is 5.95 Å². The van der Waals surface area contributed by atoms with Gasteiger partial charge in [0.15, 0.2) is 5.65 Å². The number of nitrogens with one attached hydrogen (secondary N) is 2. The lowest BCUT2D eigenvalue weighted by molar-refractivity contribution is -0.140. The topological polar surface area (TPSA) is 193 Å². The summed E-state index contributed by atoms with van der Waals surface area (Å²) in [5.74, 6) is -3.13. The molecule has 3 heterocycles. The third-order valence-corrected chi connectivity index (χ3v) is 5.05. The van der Waals surface area contributed by atoms with Crippen LogP contribution in [0.15, 0.2) is 47.7 Å². The monoisotopic (exact) mass is 450 g/mol. The molecule has 0 radical (unpaired) electrons. The summed E-state index contributed by atoms with van der Waals surface area (Å²) >= 11 is 0. The Bertz CT molecular complexity index is 1460. The summed E-state index contributed by atoms with van der Waals surface area (Å²) in [7, 11) is 0. The second kappa shape index (κ2) is 8.42.